The van der Waals surface area contributed by atoms with Crippen molar-refractivity contribution in [2.75, 3.05) is 31.5 Å². The highest BCUT2D eigenvalue weighted by Crippen LogP contribution is 2.19. The van der Waals surface area contributed by atoms with Gasteiger partial charge in [0.15, 0.2) is 5.13 Å². The van der Waals surface area contributed by atoms with Gasteiger partial charge < -0.3 is 10.6 Å². The Balaban J connectivity index is 2.46. The Labute approximate surface area is 119 Å². The number of likely N-dealkylation sites (N-methyl/N-ethyl adjacent to an activating group) is 2. The van der Waals surface area contributed by atoms with Gasteiger partial charge in [-0.1, -0.05) is 13.8 Å². The molecule has 19 heavy (non-hydrogen) atoms. The van der Waals surface area contributed by atoms with Crippen molar-refractivity contribution in [3.05, 3.63) is 11.1 Å². The second-order valence-electron chi connectivity index (χ2n) is 4.32. The van der Waals surface area contributed by atoms with Crippen molar-refractivity contribution >= 4 is 22.4 Å². The Morgan fingerprint density at radius 2 is 2.21 bits per heavy atom. The van der Waals surface area contributed by atoms with E-state index < -0.39 is 0 Å². The molecule has 0 saturated heterocycles. The number of nitrogens with zero attached hydrogens (tertiary/aromatic N) is 2. The molecule has 1 amide bonds. The fraction of sp³-hybridized carbons (Fsp3) is 0.692. The minimum absolute atomic E-state index is 0.0817. The van der Waals surface area contributed by atoms with E-state index in [9.17, 15) is 4.79 Å². The highest BCUT2D eigenvalue weighted by atomic mass is 32.1. The average Bonchev–Trinajstić information content (AvgIpc) is 2.83. The minimum atomic E-state index is 0.0817. The molecule has 108 valence electrons. The predicted octanol–water partition coefficient (Wildman–Crippen LogP) is 1.92. The number of rotatable bonds is 9. The van der Waals surface area contributed by atoms with E-state index in [4.69, 9.17) is 0 Å². The summed E-state index contributed by atoms with van der Waals surface area (Å²) in [5, 5.41) is 7.06. The van der Waals surface area contributed by atoms with Crippen molar-refractivity contribution in [3.63, 3.8) is 0 Å². The molecule has 1 aromatic heterocycles. The summed E-state index contributed by atoms with van der Waals surface area (Å²) in [5.41, 5.74) is 0. The van der Waals surface area contributed by atoms with Crippen molar-refractivity contribution < 1.29 is 4.79 Å². The Hall–Kier alpha value is -1.14. The van der Waals surface area contributed by atoms with Crippen molar-refractivity contribution in [1.82, 2.24) is 15.2 Å². The summed E-state index contributed by atoms with van der Waals surface area (Å²) in [6.07, 6.45) is 2.98. The van der Waals surface area contributed by atoms with Gasteiger partial charge >= 0.3 is 0 Å². The highest BCUT2D eigenvalue weighted by molar-refractivity contribution is 7.15. The quantitative estimate of drug-likeness (QED) is 0.727. The van der Waals surface area contributed by atoms with Crippen LogP contribution in [-0.2, 0) is 11.3 Å². The maximum Gasteiger partial charge on any atom is 0.234 e. The molecule has 0 fully saturated rings. The first kappa shape index (κ1) is 15.9. The number of carbonyl (C=O) groups excluding carboxylic acids is 1. The summed E-state index contributed by atoms with van der Waals surface area (Å²) in [6, 6.07) is 0. The molecule has 6 heteroatoms. The van der Waals surface area contributed by atoms with E-state index in [0.717, 1.165) is 31.2 Å². The van der Waals surface area contributed by atoms with Crippen LogP contribution in [0.3, 0.4) is 0 Å². The maximum atomic E-state index is 11.6. The molecule has 0 atom stereocenters. The van der Waals surface area contributed by atoms with Crippen molar-refractivity contribution in [3.8, 4) is 0 Å². The molecule has 0 saturated carbocycles. The van der Waals surface area contributed by atoms with Gasteiger partial charge in [0.05, 0.1) is 6.54 Å². The van der Waals surface area contributed by atoms with E-state index in [2.05, 4.69) is 34.4 Å². The molecule has 0 aromatic carbocycles. The molecular weight excluding hydrogens is 260 g/mol. The van der Waals surface area contributed by atoms with Crippen LogP contribution in [-0.4, -0.2) is 42.0 Å². The van der Waals surface area contributed by atoms with Crippen LogP contribution in [0.15, 0.2) is 6.20 Å². The lowest BCUT2D eigenvalue weighted by atomic mass is 10.4. The Bertz CT molecular complexity index is 380. The highest BCUT2D eigenvalue weighted by Gasteiger charge is 2.10. The average molecular weight is 284 g/mol. The second-order valence-corrected chi connectivity index (χ2v) is 5.43. The van der Waals surface area contributed by atoms with Gasteiger partial charge in [-0.2, -0.15) is 0 Å². The molecule has 0 bridgehead atoms. The molecule has 0 aliphatic heterocycles. The first-order valence-corrected chi connectivity index (χ1v) is 7.68. The topological polar surface area (TPSA) is 57.3 Å². The van der Waals surface area contributed by atoms with E-state index in [1.54, 1.807) is 11.3 Å². The number of carbonyl (C=O) groups is 1. The SMILES string of the molecule is CCCNc1ncc(CN(CC)CC(=O)NCC)s1. The predicted molar refractivity (Wildman–Crippen MR) is 80.5 cm³/mol. The number of hydrogen-bond donors (Lipinski definition) is 2. The third-order valence-electron chi connectivity index (χ3n) is 2.65. The van der Waals surface area contributed by atoms with E-state index in [-0.39, 0.29) is 5.91 Å². The molecule has 1 aromatic rings. The Morgan fingerprint density at radius 3 is 2.84 bits per heavy atom. The smallest absolute Gasteiger partial charge is 0.234 e. The maximum absolute atomic E-state index is 11.6. The van der Waals surface area contributed by atoms with Gasteiger partial charge in [-0.25, -0.2) is 4.98 Å². The molecule has 5 nitrogen and oxygen atoms in total. The van der Waals surface area contributed by atoms with Gasteiger partial charge in [-0.3, -0.25) is 9.69 Å². The zero-order valence-corrected chi connectivity index (χ0v) is 12.8. The van der Waals surface area contributed by atoms with Crippen molar-refractivity contribution in [1.29, 1.82) is 0 Å². The van der Waals surface area contributed by atoms with Gasteiger partial charge in [0, 0.05) is 30.7 Å². The lowest BCUT2D eigenvalue weighted by Gasteiger charge is -2.18. The van der Waals surface area contributed by atoms with Crippen LogP contribution in [0.1, 0.15) is 32.1 Å². The molecule has 0 spiro atoms. The Morgan fingerprint density at radius 1 is 1.42 bits per heavy atom. The lowest BCUT2D eigenvalue weighted by Crippen LogP contribution is -2.36. The third-order valence-corrected chi connectivity index (χ3v) is 3.59. The summed E-state index contributed by atoms with van der Waals surface area (Å²) >= 11 is 1.66. The number of amides is 1. The summed E-state index contributed by atoms with van der Waals surface area (Å²) < 4.78 is 0. The van der Waals surface area contributed by atoms with E-state index >= 15 is 0 Å². The number of nitrogens with one attached hydrogen (secondary N) is 2. The van der Waals surface area contributed by atoms with Crippen molar-refractivity contribution in [2.24, 2.45) is 0 Å². The van der Waals surface area contributed by atoms with Crippen LogP contribution < -0.4 is 10.6 Å². The molecule has 0 radical (unpaired) electrons. The summed E-state index contributed by atoms with van der Waals surface area (Å²) in [7, 11) is 0. The zero-order chi connectivity index (χ0) is 14.1. The fourth-order valence-electron chi connectivity index (χ4n) is 1.65. The van der Waals surface area contributed by atoms with Crippen LogP contribution in [0.4, 0.5) is 5.13 Å². The molecule has 0 unspecified atom stereocenters. The second kappa shape index (κ2) is 8.87. The Kier molecular flexibility index (Phi) is 7.43. The van der Waals surface area contributed by atoms with Gasteiger partial charge in [0.25, 0.3) is 0 Å². The number of hydrogen-bond acceptors (Lipinski definition) is 5. The van der Waals surface area contributed by atoms with E-state index in [1.807, 2.05) is 13.1 Å². The van der Waals surface area contributed by atoms with Crippen LogP contribution in [0.25, 0.3) is 0 Å². The van der Waals surface area contributed by atoms with Crippen LogP contribution in [0.5, 0.6) is 0 Å². The molecule has 1 heterocycles. The molecular formula is C13H24N4OS. The first-order chi connectivity index (χ1) is 9.19. The van der Waals surface area contributed by atoms with E-state index in [0.29, 0.717) is 13.1 Å². The minimum Gasteiger partial charge on any atom is -0.362 e. The zero-order valence-electron chi connectivity index (χ0n) is 12.0. The van der Waals surface area contributed by atoms with Crippen molar-refractivity contribution in [2.45, 2.75) is 33.7 Å². The van der Waals surface area contributed by atoms with Crippen LogP contribution >= 0.6 is 11.3 Å². The monoisotopic (exact) mass is 284 g/mol. The fourth-order valence-corrected chi connectivity index (χ4v) is 2.53. The largest absolute Gasteiger partial charge is 0.362 e. The number of aromatic nitrogens is 1. The van der Waals surface area contributed by atoms with Gasteiger partial charge in [0.2, 0.25) is 5.91 Å². The molecule has 1 rings (SSSR count). The first-order valence-electron chi connectivity index (χ1n) is 6.87. The van der Waals surface area contributed by atoms with Gasteiger partial charge in [-0.15, -0.1) is 11.3 Å². The normalized spacial score (nSPS) is 10.7. The standard InChI is InChI=1S/C13H24N4OS/c1-4-7-15-13-16-8-11(19-13)9-17(6-3)10-12(18)14-5-2/h8H,4-7,9-10H2,1-3H3,(H,14,18)(H,15,16). The third kappa shape index (κ3) is 6.02. The molecule has 0 aliphatic rings. The van der Waals surface area contributed by atoms with Gasteiger partial charge in [-0.05, 0) is 19.9 Å². The summed E-state index contributed by atoms with van der Waals surface area (Å²) in [4.78, 5) is 19.2. The lowest BCUT2D eigenvalue weighted by molar-refractivity contribution is -0.122. The van der Waals surface area contributed by atoms with E-state index in [1.165, 1.54) is 4.88 Å². The summed E-state index contributed by atoms with van der Waals surface area (Å²) in [6.45, 7) is 9.84. The van der Waals surface area contributed by atoms with Gasteiger partial charge in [0.1, 0.15) is 0 Å². The van der Waals surface area contributed by atoms with Crippen LogP contribution in [0, 0.1) is 0 Å². The summed E-state index contributed by atoms with van der Waals surface area (Å²) in [5.74, 6) is 0.0817. The van der Waals surface area contributed by atoms with Crippen LogP contribution in [0.2, 0.25) is 0 Å². The number of thiazole rings is 1. The molecule has 2 N–H and O–H groups in total. The molecule has 0 aliphatic carbocycles. The number of anilines is 1.